The van der Waals surface area contributed by atoms with Gasteiger partial charge in [0.05, 0.1) is 0 Å². The molecule has 1 fully saturated rings. The minimum absolute atomic E-state index is 0.0239. The van der Waals surface area contributed by atoms with E-state index in [-0.39, 0.29) is 91.2 Å². The molecule has 2 atom stereocenters. The molecule has 1 rings (SSSR count). The first kappa shape index (κ1) is 98.1. The van der Waals surface area contributed by atoms with Crippen molar-refractivity contribution in [1.29, 1.82) is 0 Å². The summed E-state index contributed by atoms with van der Waals surface area (Å²) in [6, 6.07) is 0. The Labute approximate surface area is 523 Å². The smallest absolute Gasteiger partial charge is 0.295 e. The van der Waals surface area contributed by atoms with Crippen LogP contribution in [-0.2, 0) is 95.9 Å². The summed E-state index contributed by atoms with van der Waals surface area (Å²) in [5, 5.41) is 0.811. The van der Waals surface area contributed by atoms with Gasteiger partial charge in [-0.15, -0.1) is 0 Å². The molecule has 25 heteroatoms. The number of unbranched alkanes of at least 4 members (excludes halogenated alkanes) is 7. The maximum atomic E-state index is 11.3. The predicted molar refractivity (Wildman–Crippen MR) is 330 cm³/mol. The molecule has 20 nitrogen and oxygen atoms in total. The molecule has 0 aromatic rings. The van der Waals surface area contributed by atoms with Gasteiger partial charge in [0.1, 0.15) is 0 Å². The number of hydrogen-bond donors (Lipinski definition) is 0. The van der Waals surface area contributed by atoms with E-state index in [0.717, 1.165) is 86.6 Å². The summed E-state index contributed by atoms with van der Waals surface area (Å²) in [5.41, 5.74) is 3.10. The van der Waals surface area contributed by atoms with Crippen LogP contribution in [0.1, 0.15) is 185 Å². The molecule has 0 aromatic heterocycles. The van der Waals surface area contributed by atoms with Crippen LogP contribution in [-0.4, -0.2) is 114 Å². The Morgan fingerprint density at radius 2 is 0.671 bits per heavy atom. The third-order valence-corrected chi connectivity index (χ3v) is 14.7. The van der Waals surface area contributed by atoms with Crippen molar-refractivity contribution < 1.29 is 95.9 Å². The second-order valence-electron chi connectivity index (χ2n) is 17.9. The molecule has 0 aromatic carbocycles. The molecule has 1 aliphatic rings. The summed E-state index contributed by atoms with van der Waals surface area (Å²) in [6.07, 6.45) is 17.4. The Morgan fingerprint density at radius 1 is 0.412 bits per heavy atom. The number of allylic oxidation sites excluding steroid dienone is 5. The summed E-state index contributed by atoms with van der Waals surface area (Å²) >= 11 is 6.71. The summed E-state index contributed by atoms with van der Waals surface area (Å²) in [6.45, 7) is 35.0. The number of ketones is 5. The summed E-state index contributed by atoms with van der Waals surface area (Å²) in [7, 11) is 0. The highest BCUT2D eigenvalue weighted by molar-refractivity contribution is 8.14. The van der Waals surface area contributed by atoms with Crippen molar-refractivity contribution in [2.75, 3.05) is 28.8 Å². The molecular weight excluding hydrogens is 1200 g/mol. The zero-order chi connectivity index (χ0) is 68.1. The monoisotopic (exact) mass is 1290 g/mol. The number of carbonyl (C=O) groups is 10. The lowest BCUT2D eigenvalue weighted by atomic mass is 9.99. The van der Waals surface area contributed by atoms with Crippen LogP contribution in [0.5, 0.6) is 0 Å². The summed E-state index contributed by atoms with van der Waals surface area (Å²) in [4.78, 5) is 191. The van der Waals surface area contributed by atoms with Gasteiger partial charge in [-0.2, -0.15) is 47.9 Å². The van der Waals surface area contributed by atoms with Crippen molar-refractivity contribution >= 4 is 144 Å². The predicted octanol–water partition coefficient (Wildman–Crippen LogP) is 11.4. The van der Waals surface area contributed by atoms with Crippen molar-refractivity contribution in [2.24, 2.45) is 11.8 Å². The molecule has 478 valence electrons. The molecule has 1 heterocycles. The number of hydrogen-bond acceptors (Lipinski definition) is 25. The Hall–Kier alpha value is -5.95. The van der Waals surface area contributed by atoms with Crippen molar-refractivity contribution in [3.63, 3.8) is 0 Å². The van der Waals surface area contributed by atoms with Gasteiger partial charge >= 0.3 is 30.8 Å². The van der Waals surface area contributed by atoms with E-state index in [1.54, 1.807) is 55.4 Å². The Kier molecular flexibility index (Phi) is 87.8. The SMILES string of the molecule is C=C(C)C(=O)CC1CCSC1=O.C=C(C)C(=O)CCCC(C)CSC(C)=O.C=C(C)C(=O)CCCCCCCCCSC(C)=O.C=C(C)C(=O)CCCCSC(C)=O.C=C(C)C(=O)CCCSC(C)=O.O=C=O.O=C=O.O=C=O.O=C=O.O=C=O. The fraction of sp³-hybridized carbons (Fsp3) is 0.583. The number of carbonyl (C=O) groups excluding carboxylic acids is 20. The van der Waals surface area contributed by atoms with Gasteiger partial charge in [0, 0.05) is 94.5 Å². The van der Waals surface area contributed by atoms with E-state index >= 15 is 0 Å². The molecule has 0 amide bonds. The third-order valence-electron chi connectivity index (χ3n) is 9.84. The lowest BCUT2D eigenvalue weighted by Crippen LogP contribution is -2.11. The molecule has 85 heavy (non-hydrogen) atoms. The van der Waals surface area contributed by atoms with E-state index in [2.05, 4.69) is 39.8 Å². The van der Waals surface area contributed by atoms with Gasteiger partial charge in [-0.25, -0.2) is 0 Å². The second-order valence-corrected chi connectivity index (χ2v) is 24.0. The van der Waals surface area contributed by atoms with Gasteiger partial charge in [-0.1, -0.05) is 131 Å². The van der Waals surface area contributed by atoms with Gasteiger partial charge in [0.2, 0.25) is 0 Å². The highest BCUT2D eigenvalue weighted by Crippen LogP contribution is 2.28. The topological polar surface area (TPSA) is 341 Å². The third kappa shape index (κ3) is 100. The fourth-order valence-corrected chi connectivity index (χ4v) is 9.04. The second kappa shape index (κ2) is 76.1. The molecule has 0 radical (unpaired) electrons. The van der Waals surface area contributed by atoms with Crippen LogP contribution < -0.4 is 0 Å². The summed E-state index contributed by atoms with van der Waals surface area (Å²) < 4.78 is 0. The molecule has 1 aliphatic heterocycles. The van der Waals surface area contributed by atoms with E-state index in [9.17, 15) is 47.9 Å². The van der Waals surface area contributed by atoms with Gasteiger partial charge in [-0.05, 0) is 120 Å². The highest BCUT2D eigenvalue weighted by atomic mass is 32.2. The van der Waals surface area contributed by atoms with Crippen LogP contribution in [0.25, 0.3) is 0 Å². The minimum Gasteiger partial charge on any atom is -0.295 e. The van der Waals surface area contributed by atoms with Crippen LogP contribution in [0, 0.1) is 11.8 Å². The first-order chi connectivity index (χ1) is 39.7. The Bertz CT molecular complexity index is 2150. The molecule has 0 aliphatic carbocycles. The Balaban J connectivity index is -0.000000115. The van der Waals surface area contributed by atoms with Crippen molar-refractivity contribution in [1.82, 2.24) is 0 Å². The molecule has 0 bridgehead atoms. The van der Waals surface area contributed by atoms with Crippen molar-refractivity contribution in [3.05, 3.63) is 60.8 Å². The van der Waals surface area contributed by atoms with Crippen LogP contribution in [0.15, 0.2) is 60.8 Å². The van der Waals surface area contributed by atoms with Crippen LogP contribution in [0.4, 0.5) is 0 Å². The molecule has 0 saturated carbocycles. The highest BCUT2D eigenvalue weighted by Gasteiger charge is 2.27. The molecule has 1 saturated heterocycles. The first-order valence-electron chi connectivity index (χ1n) is 26.3. The van der Waals surface area contributed by atoms with Crippen LogP contribution >= 0.6 is 58.8 Å². The van der Waals surface area contributed by atoms with Gasteiger partial charge in [0.15, 0.2) is 54.5 Å². The van der Waals surface area contributed by atoms with Crippen molar-refractivity contribution in [2.45, 2.75) is 185 Å². The average Bonchev–Trinajstić information content (AvgIpc) is 3.81. The maximum absolute atomic E-state index is 11.3. The Morgan fingerprint density at radius 3 is 0.965 bits per heavy atom. The molecule has 2 unspecified atom stereocenters. The number of thioether (sulfide) groups is 5. The van der Waals surface area contributed by atoms with Crippen LogP contribution in [0.3, 0.4) is 0 Å². The minimum atomic E-state index is -0.0424. The van der Waals surface area contributed by atoms with E-state index in [1.807, 2.05) is 0 Å². The summed E-state index contributed by atoms with van der Waals surface area (Å²) in [5.74, 6) is 5.30. The number of rotatable bonds is 32. The maximum Gasteiger partial charge on any atom is 0.373 e. The zero-order valence-electron chi connectivity index (χ0n) is 51.2. The standard InChI is InChI=1S/C15H26O2S.C12H20O2S.C10H16O2S.C9H12O2S.C9H14O2S.5CO2/c1-13(2)15(17)11-9-7-5-4-6-8-10-12-18-14(3)16;1-9(2)12(14)7-5-6-10(3)8-15-11(4)13;1-8(2)10(12)6-4-5-7-13-9(3)11;1-6(2)8(10)5-7-3-4-12-9(7)11;1-7(2)9(11)5-4-6-12-8(3)10;5*2-1-3/h1,4-12H2,2-3H3;10H,1,5-8H2,2-4H3;1,4-7H2,2-3H3;7H,1,3-5H2,2H3;1,4-6H2,2-3H3;;;;;. The van der Waals surface area contributed by atoms with Gasteiger partial charge in [0.25, 0.3) is 0 Å². The zero-order valence-corrected chi connectivity index (χ0v) is 55.2. The normalized spacial score (nSPS) is 10.8. The molecular formula is C60H88O20S5. The van der Waals surface area contributed by atoms with E-state index in [1.165, 1.54) is 91.4 Å². The first-order valence-corrected chi connectivity index (χ1v) is 31.3. The van der Waals surface area contributed by atoms with E-state index in [4.69, 9.17) is 47.9 Å². The largest absolute Gasteiger partial charge is 0.373 e. The lowest BCUT2D eigenvalue weighted by Gasteiger charge is -2.08. The van der Waals surface area contributed by atoms with Crippen LogP contribution in [0.2, 0.25) is 0 Å². The van der Waals surface area contributed by atoms with Crippen molar-refractivity contribution in [3.8, 4) is 0 Å². The molecule has 0 spiro atoms. The quantitative estimate of drug-likeness (QED) is 0.0446. The average molecular weight is 1290 g/mol. The molecule has 0 N–H and O–H groups in total. The van der Waals surface area contributed by atoms with E-state index < -0.39 is 0 Å². The fourth-order valence-electron chi connectivity index (χ4n) is 5.47. The number of Topliss-reactive ketones (excluding diaryl/α,β-unsaturated/α-hetero) is 5. The van der Waals surface area contributed by atoms with Gasteiger partial charge in [-0.3, -0.25) is 47.9 Å². The lowest BCUT2D eigenvalue weighted by molar-refractivity contribution is -0.193. The van der Waals surface area contributed by atoms with Gasteiger partial charge < -0.3 is 0 Å². The van der Waals surface area contributed by atoms with E-state index in [0.29, 0.717) is 65.9 Å².